The minimum Gasteiger partial charge on any atom is -0.299 e. The third-order valence-corrected chi connectivity index (χ3v) is 7.35. The Morgan fingerprint density at radius 2 is 1.90 bits per heavy atom. The number of sulfone groups is 1. The first kappa shape index (κ1) is 15.7. The van der Waals surface area contributed by atoms with Crippen LogP contribution in [0.3, 0.4) is 0 Å². The van der Waals surface area contributed by atoms with Crippen LogP contribution in [0, 0.1) is 5.92 Å². The SMILES string of the molecule is CS(=O)(=O)C1CCCC(C(NN)C2CN3CCN2CC3)C1. The number of nitrogens with zero attached hydrogens (tertiary/aromatic N) is 2. The quantitative estimate of drug-likeness (QED) is 0.534. The number of piperazine rings is 3. The highest BCUT2D eigenvalue weighted by molar-refractivity contribution is 7.91. The third-order valence-electron chi connectivity index (χ3n) is 5.71. The first-order valence-corrected chi connectivity index (χ1v) is 10.1. The summed E-state index contributed by atoms with van der Waals surface area (Å²) in [4.78, 5) is 5.04. The van der Waals surface area contributed by atoms with Gasteiger partial charge in [0, 0.05) is 51.1 Å². The molecule has 0 aromatic rings. The Bertz CT molecular complexity index is 462. The highest BCUT2D eigenvalue weighted by atomic mass is 32.2. The molecule has 3 heterocycles. The van der Waals surface area contributed by atoms with Gasteiger partial charge in [-0.25, -0.2) is 8.42 Å². The molecule has 4 fully saturated rings. The molecule has 6 nitrogen and oxygen atoms in total. The zero-order valence-corrected chi connectivity index (χ0v) is 13.7. The van der Waals surface area contributed by atoms with Gasteiger partial charge in [0.2, 0.25) is 0 Å². The van der Waals surface area contributed by atoms with Crippen LogP contribution in [0.5, 0.6) is 0 Å². The molecule has 0 spiro atoms. The van der Waals surface area contributed by atoms with Gasteiger partial charge in [0.15, 0.2) is 0 Å². The second kappa shape index (κ2) is 6.12. The molecule has 21 heavy (non-hydrogen) atoms. The molecule has 1 aliphatic carbocycles. The summed E-state index contributed by atoms with van der Waals surface area (Å²) in [6, 6.07) is 0.637. The van der Waals surface area contributed by atoms with Gasteiger partial charge in [0.05, 0.1) is 5.25 Å². The minimum atomic E-state index is -2.93. The van der Waals surface area contributed by atoms with Crippen LogP contribution in [0.2, 0.25) is 0 Å². The normalized spacial score (nSPS) is 41.9. The van der Waals surface area contributed by atoms with E-state index in [0.717, 1.165) is 58.4 Å². The first-order chi connectivity index (χ1) is 9.99. The number of hydrogen-bond acceptors (Lipinski definition) is 6. The molecule has 4 rings (SSSR count). The van der Waals surface area contributed by atoms with Crippen molar-refractivity contribution in [3.05, 3.63) is 0 Å². The van der Waals surface area contributed by atoms with E-state index < -0.39 is 9.84 Å². The van der Waals surface area contributed by atoms with Crippen molar-refractivity contribution in [2.45, 2.75) is 43.0 Å². The van der Waals surface area contributed by atoms with E-state index in [-0.39, 0.29) is 11.3 Å². The van der Waals surface area contributed by atoms with Gasteiger partial charge in [-0.3, -0.25) is 21.1 Å². The maximum Gasteiger partial charge on any atom is 0.150 e. The predicted octanol–water partition coefficient (Wildman–Crippen LogP) is -0.578. The van der Waals surface area contributed by atoms with Gasteiger partial charge in [0.1, 0.15) is 9.84 Å². The second-order valence-electron chi connectivity index (χ2n) is 6.97. The predicted molar refractivity (Wildman–Crippen MR) is 83.5 cm³/mol. The van der Waals surface area contributed by atoms with Gasteiger partial charge < -0.3 is 0 Å². The van der Waals surface area contributed by atoms with Crippen LogP contribution in [0.25, 0.3) is 0 Å². The lowest BCUT2D eigenvalue weighted by Gasteiger charge is -2.52. The number of hydrazine groups is 1. The lowest BCUT2D eigenvalue weighted by molar-refractivity contribution is -0.0163. The number of fused-ring (bicyclic) bond motifs is 3. The van der Waals surface area contributed by atoms with Gasteiger partial charge >= 0.3 is 0 Å². The van der Waals surface area contributed by atoms with Crippen molar-refractivity contribution in [3.63, 3.8) is 0 Å². The Hall–Kier alpha value is -0.210. The third kappa shape index (κ3) is 3.27. The zero-order chi connectivity index (χ0) is 15.0. The maximum absolute atomic E-state index is 11.9. The fraction of sp³-hybridized carbons (Fsp3) is 1.00. The van der Waals surface area contributed by atoms with Crippen LogP contribution in [-0.2, 0) is 9.84 Å². The molecule has 3 N–H and O–H groups in total. The van der Waals surface area contributed by atoms with Crippen molar-refractivity contribution in [3.8, 4) is 0 Å². The van der Waals surface area contributed by atoms with Crippen LogP contribution >= 0.6 is 0 Å². The first-order valence-electron chi connectivity index (χ1n) is 8.10. The summed E-state index contributed by atoms with van der Waals surface area (Å²) in [7, 11) is -2.93. The molecule has 4 aliphatic rings. The van der Waals surface area contributed by atoms with Gasteiger partial charge in [-0.15, -0.1) is 0 Å². The molecule has 122 valence electrons. The molecule has 7 heteroatoms. The summed E-state index contributed by atoms with van der Waals surface area (Å²) in [5.41, 5.74) is 3.04. The molecule has 4 atom stereocenters. The van der Waals surface area contributed by atoms with Crippen LogP contribution in [-0.4, -0.2) is 74.5 Å². The lowest BCUT2D eigenvalue weighted by atomic mass is 9.79. The molecule has 4 unspecified atom stereocenters. The summed E-state index contributed by atoms with van der Waals surface area (Å²) >= 11 is 0. The van der Waals surface area contributed by atoms with E-state index in [1.54, 1.807) is 0 Å². The molecule has 3 aliphatic heterocycles. The van der Waals surface area contributed by atoms with Crippen molar-refractivity contribution >= 4 is 9.84 Å². The van der Waals surface area contributed by atoms with Crippen molar-refractivity contribution < 1.29 is 8.42 Å². The molecule has 3 saturated heterocycles. The zero-order valence-electron chi connectivity index (χ0n) is 12.9. The average Bonchev–Trinajstić information content (AvgIpc) is 2.49. The fourth-order valence-corrected chi connectivity index (χ4v) is 5.65. The van der Waals surface area contributed by atoms with E-state index in [1.807, 2.05) is 0 Å². The molecular weight excluding hydrogens is 288 g/mol. The summed E-state index contributed by atoms with van der Waals surface area (Å²) < 4.78 is 23.8. The second-order valence-corrected chi connectivity index (χ2v) is 9.30. The van der Waals surface area contributed by atoms with Crippen LogP contribution in [0.15, 0.2) is 0 Å². The molecule has 0 radical (unpaired) electrons. The summed E-state index contributed by atoms with van der Waals surface area (Å²) in [6.07, 6.45) is 5.04. The van der Waals surface area contributed by atoms with Gasteiger partial charge in [0.25, 0.3) is 0 Å². The van der Waals surface area contributed by atoms with Crippen molar-refractivity contribution in [2.24, 2.45) is 11.8 Å². The Morgan fingerprint density at radius 3 is 2.43 bits per heavy atom. The number of nitrogens with two attached hydrogens (primary N) is 1. The van der Waals surface area contributed by atoms with E-state index in [9.17, 15) is 8.42 Å². The van der Waals surface area contributed by atoms with Crippen LogP contribution in [0.4, 0.5) is 0 Å². The van der Waals surface area contributed by atoms with Crippen molar-refractivity contribution in [1.82, 2.24) is 15.2 Å². The monoisotopic (exact) mass is 316 g/mol. The molecular formula is C14H28N4O2S. The highest BCUT2D eigenvalue weighted by Gasteiger charge is 2.41. The average molecular weight is 316 g/mol. The largest absolute Gasteiger partial charge is 0.299 e. The standard InChI is InChI=1S/C14H28N4O2S/c1-21(19,20)12-4-2-3-11(9-12)14(16-15)13-10-17-5-7-18(13)8-6-17/h11-14,16H,2-10,15H2,1H3. The summed E-state index contributed by atoms with van der Waals surface area (Å²) in [5, 5.41) is -0.178. The molecule has 1 saturated carbocycles. The van der Waals surface area contributed by atoms with E-state index in [1.165, 1.54) is 6.26 Å². The van der Waals surface area contributed by atoms with Gasteiger partial charge in [-0.05, 0) is 25.2 Å². The Kier molecular flexibility index (Phi) is 4.57. The number of nitrogens with one attached hydrogen (secondary N) is 1. The topological polar surface area (TPSA) is 78.7 Å². The van der Waals surface area contributed by atoms with E-state index >= 15 is 0 Å². The Balaban J connectivity index is 1.71. The Morgan fingerprint density at radius 1 is 1.19 bits per heavy atom. The lowest BCUT2D eigenvalue weighted by Crippen LogP contribution is -2.68. The minimum absolute atomic E-state index is 0.178. The van der Waals surface area contributed by atoms with E-state index in [4.69, 9.17) is 5.84 Å². The van der Waals surface area contributed by atoms with Gasteiger partial charge in [-0.2, -0.15) is 0 Å². The van der Waals surface area contributed by atoms with Crippen LogP contribution in [0.1, 0.15) is 25.7 Å². The maximum atomic E-state index is 11.9. The van der Waals surface area contributed by atoms with Crippen LogP contribution < -0.4 is 11.3 Å². The molecule has 2 bridgehead atoms. The molecule has 0 aromatic carbocycles. The van der Waals surface area contributed by atoms with E-state index in [2.05, 4.69) is 15.2 Å². The van der Waals surface area contributed by atoms with Crippen molar-refractivity contribution in [2.75, 3.05) is 39.0 Å². The summed E-state index contributed by atoms with van der Waals surface area (Å²) in [5.74, 6) is 6.25. The molecule has 0 amide bonds. The summed E-state index contributed by atoms with van der Waals surface area (Å²) in [6.45, 7) is 5.61. The van der Waals surface area contributed by atoms with E-state index in [0.29, 0.717) is 12.0 Å². The highest BCUT2D eigenvalue weighted by Crippen LogP contribution is 2.33. The van der Waals surface area contributed by atoms with Gasteiger partial charge in [-0.1, -0.05) is 6.42 Å². The number of hydrogen-bond donors (Lipinski definition) is 2. The van der Waals surface area contributed by atoms with Crippen molar-refractivity contribution in [1.29, 1.82) is 0 Å². The number of rotatable bonds is 4. The molecule has 0 aromatic heterocycles. The fourth-order valence-electron chi connectivity index (χ4n) is 4.46. The Labute approximate surface area is 127 Å². The smallest absolute Gasteiger partial charge is 0.150 e.